The normalized spacial score (nSPS) is 36.9. The predicted octanol–water partition coefficient (Wildman–Crippen LogP) is 1.07. The van der Waals surface area contributed by atoms with E-state index >= 15 is 0 Å². The van der Waals surface area contributed by atoms with Crippen molar-refractivity contribution < 1.29 is 18.7 Å². The highest BCUT2D eigenvalue weighted by Gasteiger charge is 2.44. The highest BCUT2D eigenvalue weighted by molar-refractivity contribution is 5.80. The second-order valence-corrected chi connectivity index (χ2v) is 6.89. The van der Waals surface area contributed by atoms with Crippen LogP contribution in [0.4, 0.5) is 4.39 Å². The molecule has 0 N–H and O–H groups in total. The highest BCUT2D eigenvalue weighted by Crippen LogP contribution is 2.33. The Labute approximate surface area is 131 Å². The van der Waals surface area contributed by atoms with Gasteiger partial charge in [-0.2, -0.15) is 0 Å². The fourth-order valence-electron chi connectivity index (χ4n) is 3.72. The van der Waals surface area contributed by atoms with Crippen LogP contribution in [0.2, 0.25) is 0 Å². The zero-order valence-corrected chi connectivity index (χ0v) is 13.4. The van der Waals surface area contributed by atoms with Crippen LogP contribution in [0, 0.1) is 5.92 Å². The van der Waals surface area contributed by atoms with Crippen molar-refractivity contribution in [1.29, 1.82) is 0 Å². The van der Waals surface area contributed by atoms with E-state index in [-0.39, 0.29) is 11.8 Å². The minimum atomic E-state index is -0.794. The van der Waals surface area contributed by atoms with Gasteiger partial charge in [0.15, 0.2) is 0 Å². The molecule has 1 atom stereocenters. The Kier molecular flexibility index (Phi) is 5.00. The van der Waals surface area contributed by atoms with Crippen molar-refractivity contribution in [3.8, 4) is 0 Å². The first-order valence-electron chi connectivity index (χ1n) is 8.49. The Morgan fingerprint density at radius 1 is 1.27 bits per heavy atom. The van der Waals surface area contributed by atoms with Gasteiger partial charge in [-0.3, -0.25) is 9.69 Å². The molecule has 0 radical (unpaired) electrons. The van der Waals surface area contributed by atoms with Crippen LogP contribution in [0.5, 0.6) is 0 Å². The Hall–Kier alpha value is -0.720. The van der Waals surface area contributed by atoms with Gasteiger partial charge in [-0.05, 0) is 25.8 Å². The number of morpholine rings is 1. The van der Waals surface area contributed by atoms with E-state index in [9.17, 15) is 9.18 Å². The highest BCUT2D eigenvalue weighted by atomic mass is 19.1. The molecule has 2 saturated heterocycles. The van der Waals surface area contributed by atoms with E-state index in [0.29, 0.717) is 45.8 Å². The SMILES string of the molecule is CCCN1CCO[C@@]2(COCCN(C(=O)C3CC(F)C3)C2)C1. The standard InChI is InChI=1S/C16H27FN2O3/c1-2-3-18-4-7-22-16(10-18)11-19(5-6-21-12-16)15(20)13-8-14(17)9-13/h13-14H,2-12H2,1H3/t13?,14?,16-/m0/s1. The molecule has 1 amide bonds. The second-order valence-electron chi connectivity index (χ2n) is 6.89. The number of ether oxygens (including phenoxy) is 2. The van der Waals surface area contributed by atoms with Gasteiger partial charge >= 0.3 is 0 Å². The Morgan fingerprint density at radius 3 is 2.82 bits per heavy atom. The summed E-state index contributed by atoms with van der Waals surface area (Å²) in [5.41, 5.74) is -0.418. The summed E-state index contributed by atoms with van der Waals surface area (Å²) in [7, 11) is 0. The fourth-order valence-corrected chi connectivity index (χ4v) is 3.72. The molecular weight excluding hydrogens is 287 g/mol. The number of hydrogen-bond acceptors (Lipinski definition) is 4. The van der Waals surface area contributed by atoms with Crippen LogP contribution in [-0.4, -0.2) is 80.0 Å². The number of hydrogen-bond donors (Lipinski definition) is 0. The van der Waals surface area contributed by atoms with E-state index in [4.69, 9.17) is 9.47 Å². The van der Waals surface area contributed by atoms with Crippen molar-refractivity contribution in [2.45, 2.75) is 38.0 Å². The van der Waals surface area contributed by atoms with Crippen LogP contribution in [0.15, 0.2) is 0 Å². The minimum Gasteiger partial charge on any atom is -0.376 e. The average Bonchev–Trinajstić information content (AvgIpc) is 2.67. The summed E-state index contributed by atoms with van der Waals surface area (Å²) in [6, 6.07) is 0. The molecule has 3 fully saturated rings. The molecule has 0 aromatic rings. The van der Waals surface area contributed by atoms with Crippen molar-refractivity contribution in [2.75, 3.05) is 52.5 Å². The molecule has 126 valence electrons. The average molecular weight is 314 g/mol. The second kappa shape index (κ2) is 6.81. The third kappa shape index (κ3) is 3.44. The van der Waals surface area contributed by atoms with E-state index in [2.05, 4.69) is 11.8 Å². The summed E-state index contributed by atoms with van der Waals surface area (Å²) < 4.78 is 24.8. The van der Waals surface area contributed by atoms with Gasteiger partial charge in [-0.1, -0.05) is 6.92 Å². The molecule has 1 saturated carbocycles. The summed E-state index contributed by atoms with van der Waals surface area (Å²) in [6.45, 7) is 7.88. The molecule has 0 aromatic carbocycles. The minimum absolute atomic E-state index is 0.0787. The van der Waals surface area contributed by atoms with Crippen molar-refractivity contribution in [2.24, 2.45) is 5.92 Å². The molecule has 2 aliphatic heterocycles. The van der Waals surface area contributed by atoms with E-state index in [0.717, 1.165) is 26.1 Å². The smallest absolute Gasteiger partial charge is 0.226 e. The molecule has 0 bridgehead atoms. The van der Waals surface area contributed by atoms with Crippen LogP contribution in [0.3, 0.4) is 0 Å². The first-order chi connectivity index (χ1) is 10.6. The van der Waals surface area contributed by atoms with Gasteiger partial charge in [-0.15, -0.1) is 0 Å². The Bertz CT molecular complexity index is 401. The van der Waals surface area contributed by atoms with Gasteiger partial charge in [0.25, 0.3) is 0 Å². The van der Waals surface area contributed by atoms with Crippen LogP contribution in [-0.2, 0) is 14.3 Å². The van der Waals surface area contributed by atoms with Gasteiger partial charge in [0.1, 0.15) is 11.8 Å². The van der Waals surface area contributed by atoms with E-state index in [1.54, 1.807) is 0 Å². The lowest BCUT2D eigenvalue weighted by Crippen LogP contribution is -2.60. The first-order valence-corrected chi connectivity index (χ1v) is 8.49. The molecule has 22 heavy (non-hydrogen) atoms. The maximum atomic E-state index is 13.0. The maximum Gasteiger partial charge on any atom is 0.226 e. The van der Waals surface area contributed by atoms with Gasteiger partial charge in [-0.25, -0.2) is 4.39 Å². The molecule has 2 heterocycles. The fraction of sp³-hybridized carbons (Fsp3) is 0.938. The zero-order chi connectivity index (χ0) is 15.6. The molecular formula is C16H27FN2O3. The van der Waals surface area contributed by atoms with Crippen LogP contribution in [0.1, 0.15) is 26.2 Å². The largest absolute Gasteiger partial charge is 0.376 e. The van der Waals surface area contributed by atoms with Crippen molar-refractivity contribution in [3.63, 3.8) is 0 Å². The number of amides is 1. The van der Waals surface area contributed by atoms with E-state index in [1.807, 2.05) is 4.90 Å². The van der Waals surface area contributed by atoms with Crippen LogP contribution < -0.4 is 0 Å². The lowest BCUT2D eigenvalue weighted by molar-refractivity contribution is -0.156. The van der Waals surface area contributed by atoms with Crippen LogP contribution in [0.25, 0.3) is 0 Å². The molecule has 1 aliphatic carbocycles. The van der Waals surface area contributed by atoms with Crippen molar-refractivity contribution >= 4 is 5.91 Å². The molecule has 6 heteroatoms. The van der Waals surface area contributed by atoms with Gasteiger partial charge in [0, 0.05) is 25.6 Å². The van der Waals surface area contributed by atoms with Gasteiger partial charge < -0.3 is 14.4 Å². The molecule has 0 unspecified atom stereocenters. The number of rotatable bonds is 3. The maximum absolute atomic E-state index is 13.0. The third-order valence-electron chi connectivity index (χ3n) is 4.96. The lowest BCUT2D eigenvalue weighted by atomic mass is 9.82. The van der Waals surface area contributed by atoms with Crippen molar-refractivity contribution in [3.05, 3.63) is 0 Å². The summed E-state index contributed by atoms with van der Waals surface area (Å²) in [4.78, 5) is 16.8. The molecule has 0 aromatic heterocycles. The molecule has 3 rings (SSSR count). The Balaban J connectivity index is 1.65. The van der Waals surface area contributed by atoms with Crippen LogP contribution >= 0.6 is 0 Å². The predicted molar refractivity (Wildman–Crippen MR) is 80.4 cm³/mol. The van der Waals surface area contributed by atoms with Gasteiger partial charge in [0.05, 0.1) is 26.4 Å². The number of carbonyl (C=O) groups excluding carboxylic acids is 1. The monoisotopic (exact) mass is 314 g/mol. The molecule has 3 aliphatic rings. The Morgan fingerprint density at radius 2 is 2.09 bits per heavy atom. The summed E-state index contributed by atoms with van der Waals surface area (Å²) >= 11 is 0. The molecule has 5 nitrogen and oxygen atoms in total. The summed E-state index contributed by atoms with van der Waals surface area (Å²) in [6.07, 6.45) is 1.08. The lowest BCUT2D eigenvalue weighted by Gasteiger charge is -2.44. The number of carbonyl (C=O) groups is 1. The quantitative estimate of drug-likeness (QED) is 0.782. The number of halogens is 1. The van der Waals surface area contributed by atoms with E-state index in [1.165, 1.54) is 0 Å². The number of alkyl halides is 1. The number of nitrogens with zero attached hydrogens (tertiary/aromatic N) is 2. The molecule has 1 spiro atoms. The topological polar surface area (TPSA) is 42.0 Å². The first kappa shape index (κ1) is 16.1. The third-order valence-corrected chi connectivity index (χ3v) is 4.96. The zero-order valence-electron chi connectivity index (χ0n) is 13.4. The summed E-state index contributed by atoms with van der Waals surface area (Å²) in [5, 5.41) is 0. The summed E-state index contributed by atoms with van der Waals surface area (Å²) in [5.74, 6) is -0.0597. The van der Waals surface area contributed by atoms with Crippen molar-refractivity contribution in [1.82, 2.24) is 9.80 Å². The van der Waals surface area contributed by atoms with E-state index < -0.39 is 11.8 Å². The van der Waals surface area contributed by atoms with Gasteiger partial charge in [0.2, 0.25) is 5.91 Å².